The minimum absolute atomic E-state index is 0.856. The average Bonchev–Trinajstić information content (AvgIpc) is 2.35. The highest BCUT2D eigenvalue weighted by Gasteiger charge is 2.78. The van der Waals surface area contributed by atoms with Crippen LogP contribution in [0.25, 0.3) is 0 Å². The van der Waals surface area contributed by atoms with Crippen molar-refractivity contribution in [1.82, 2.24) is 4.90 Å². The molecule has 0 saturated heterocycles. The average molecular weight is 432 g/mol. The number of rotatable bonds is 2. The number of amidine groups is 1. The van der Waals surface area contributed by atoms with Crippen LogP contribution >= 0.6 is 7.37 Å². The van der Waals surface area contributed by atoms with Gasteiger partial charge >= 0.3 is 29.7 Å². The molecular formula is C10H15F10N2O3P. The van der Waals surface area contributed by atoms with Crippen molar-refractivity contribution < 1.29 is 62.7 Å². The van der Waals surface area contributed by atoms with Crippen LogP contribution in [-0.4, -0.2) is 74.5 Å². The summed E-state index contributed by atoms with van der Waals surface area (Å²) < 4.78 is 134. The third kappa shape index (κ3) is 5.38. The van der Waals surface area contributed by atoms with Gasteiger partial charge in [0.25, 0.3) is 0 Å². The fourth-order valence-electron chi connectivity index (χ4n) is 1.28. The molecule has 0 radical (unpaired) electrons. The Morgan fingerprint density at radius 1 is 0.885 bits per heavy atom. The number of ether oxygens (including phenoxy) is 1. The number of hydrogen-bond donors (Lipinski definition) is 0. The van der Waals surface area contributed by atoms with Crippen molar-refractivity contribution in [3.05, 3.63) is 0 Å². The Labute approximate surface area is 141 Å². The summed E-state index contributed by atoms with van der Waals surface area (Å²) in [7, 11) is 0.927. The van der Waals surface area contributed by atoms with E-state index in [1.807, 2.05) is 37.7 Å². The van der Waals surface area contributed by atoms with Gasteiger partial charge in [-0.05, 0) is 0 Å². The molecule has 0 fully saturated rings. The maximum absolute atomic E-state index is 12.1. The van der Waals surface area contributed by atoms with Crippen molar-refractivity contribution in [3.63, 3.8) is 0 Å². The van der Waals surface area contributed by atoms with E-state index in [1.54, 1.807) is 7.11 Å². The second kappa shape index (κ2) is 8.19. The minimum Gasteiger partial charge on any atom is -0.790 e. The molecule has 0 N–H and O–H groups in total. The van der Waals surface area contributed by atoms with Crippen molar-refractivity contribution in [1.29, 1.82) is 0 Å². The summed E-state index contributed by atoms with van der Waals surface area (Å²) in [6.45, 7) is 0. The van der Waals surface area contributed by atoms with Gasteiger partial charge in [-0.25, -0.2) is 9.48 Å². The Kier molecular flexibility index (Phi) is 8.50. The van der Waals surface area contributed by atoms with E-state index in [2.05, 4.69) is 0 Å². The summed E-state index contributed by atoms with van der Waals surface area (Å²) in [5.41, 5.74) is -14.4. The zero-order valence-corrected chi connectivity index (χ0v) is 14.7. The molecule has 0 bridgehead atoms. The van der Waals surface area contributed by atoms with E-state index in [-0.39, 0.29) is 0 Å². The number of nitrogens with zero attached hydrogens (tertiary/aromatic N) is 2. The van der Waals surface area contributed by atoms with Crippen molar-refractivity contribution >= 4 is 13.4 Å². The third-order valence-electron chi connectivity index (χ3n) is 2.37. The van der Waals surface area contributed by atoms with E-state index in [4.69, 9.17) is 4.74 Å². The van der Waals surface area contributed by atoms with Gasteiger partial charge in [-0.15, -0.1) is 0 Å². The summed E-state index contributed by atoms with van der Waals surface area (Å²) in [6, 6.07) is 0.856. The van der Waals surface area contributed by atoms with Crippen LogP contribution in [0.3, 0.4) is 0 Å². The van der Waals surface area contributed by atoms with Crippen molar-refractivity contribution in [2.24, 2.45) is 0 Å². The van der Waals surface area contributed by atoms with Gasteiger partial charge in [0.1, 0.15) is 0 Å². The fraction of sp³-hybridized carbons (Fsp3) is 0.900. The van der Waals surface area contributed by atoms with Gasteiger partial charge in [0.05, 0.1) is 35.3 Å². The van der Waals surface area contributed by atoms with Gasteiger partial charge < -0.3 is 14.2 Å². The van der Waals surface area contributed by atoms with E-state index in [0.717, 1.165) is 6.02 Å². The number of halogens is 10. The molecule has 0 spiro atoms. The maximum Gasteiger partial charge on any atom is 0.459 e. The number of alkyl halides is 10. The Bertz CT molecular complexity index is 522. The van der Waals surface area contributed by atoms with Crippen LogP contribution in [0.4, 0.5) is 43.9 Å². The molecule has 0 aliphatic rings. The summed E-state index contributed by atoms with van der Waals surface area (Å²) in [4.78, 5) is 12.0. The molecular weight excluding hydrogens is 417 g/mol. The van der Waals surface area contributed by atoms with E-state index >= 15 is 0 Å². The van der Waals surface area contributed by atoms with Crippen LogP contribution < -0.4 is 4.89 Å². The van der Waals surface area contributed by atoms with Crippen LogP contribution in [0.15, 0.2) is 0 Å². The van der Waals surface area contributed by atoms with Gasteiger partial charge in [-0.2, -0.15) is 43.9 Å². The largest absolute Gasteiger partial charge is 0.790 e. The highest BCUT2D eigenvalue weighted by molar-refractivity contribution is 7.59. The van der Waals surface area contributed by atoms with Crippen LogP contribution in [0.2, 0.25) is 0 Å². The quantitative estimate of drug-likeness (QED) is 0.222. The topological polar surface area (TPSA) is 55.6 Å². The second-order valence-corrected chi connectivity index (χ2v) is 7.13. The van der Waals surface area contributed by atoms with Gasteiger partial charge in [-0.3, -0.25) is 0 Å². The molecule has 0 aromatic rings. The van der Waals surface area contributed by atoms with Gasteiger partial charge in [0.2, 0.25) is 0 Å². The predicted octanol–water partition coefficient (Wildman–Crippen LogP) is 2.76. The third-order valence-corrected chi connectivity index (χ3v) is 4.36. The van der Waals surface area contributed by atoms with Crippen molar-refractivity contribution in [2.75, 3.05) is 35.3 Å². The zero-order valence-electron chi connectivity index (χ0n) is 13.8. The standard InChI is InChI=1S/C6H15N2O.C4HF10O2P/c1-7(2)6(9-5)8(3)4;5-1(6,7)3(11,12)17(15,16)4(13,14)2(8,9)10/h1-5H3;(H,15,16)/q+1;/p-1. The minimum atomic E-state index is -8.51. The molecule has 0 aromatic heterocycles. The van der Waals surface area contributed by atoms with Gasteiger partial charge in [0, 0.05) is 0 Å². The van der Waals surface area contributed by atoms with Gasteiger partial charge in [-0.1, -0.05) is 0 Å². The molecule has 0 saturated carbocycles. The number of methoxy groups -OCH3 is 1. The Hall–Kier alpha value is -1.24. The molecule has 158 valence electrons. The van der Waals surface area contributed by atoms with E-state index in [1.165, 1.54) is 0 Å². The van der Waals surface area contributed by atoms with Crippen LogP contribution in [-0.2, 0) is 9.30 Å². The van der Waals surface area contributed by atoms with Crippen LogP contribution in [0.1, 0.15) is 0 Å². The first-order valence-corrected chi connectivity index (χ1v) is 7.68. The smallest absolute Gasteiger partial charge is 0.459 e. The SMILES string of the molecule is COC(N(C)C)=[N+](C)C.O=P([O-])(C(F)(F)C(F)(F)F)C(F)(F)C(F)(F)F. The first-order chi connectivity index (χ1) is 11.1. The van der Waals surface area contributed by atoms with Crippen molar-refractivity contribution in [3.8, 4) is 0 Å². The normalized spacial score (nSPS) is 13.5. The molecule has 0 aliphatic heterocycles. The molecule has 0 aromatic carbocycles. The lowest BCUT2D eigenvalue weighted by molar-refractivity contribution is -0.480. The first kappa shape index (κ1) is 27.0. The second-order valence-electron chi connectivity index (χ2n) is 4.91. The molecule has 0 atom stereocenters. The molecule has 0 aliphatic carbocycles. The Balaban J connectivity index is 0. The van der Waals surface area contributed by atoms with Crippen molar-refractivity contribution in [2.45, 2.75) is 23.7 Å². The van der Waals surface area contributed by atoms with Crippen LogP contribution in [0.5, 0.6) is 0 Å². The zero-order chi connectivity index (χ0) is 21.9. The number of hydrogen-bond acceptors (Lipinski definition) is 3. The molecule has 0 rings (SSSR count). The summed E-state index contributed by atoms with van der Waals surface area (Å²) >= 11 is 0. The van der Waals surface area contributed by atoms with Crippen LogP contribution in [0, 0.1) is 0 Å². The maximum atomic E-state index is 12.1. The summed E-state index contributed by atoms with van der Waals surface area (Å²) in [5, 5.41) is 0. The lowest BCUT2D eigenvalue weighted by atomic mass is 10.7. The molecule has 5 nitrogen and oxygen atoms in total. The molecule has 0 unspecified atom stereocenters. The predicted molar refractivity (Wildman–Crippen MR) is 67.4 cm³/mol. The van der Waals surface area contributed by atoms with E-state index < -0.39 is 31.0 Å². The molecule has 0 heterocycles. The lowest BCUT2D eigenvalue weighted by Gasteiger charge is -2.38. The highest BCUT2D eigenvalue weighted by Crippen LogP contribution is 2.72. The first-order valence-electron chi connectivity index (χ1n) is 6.05. The Morgan fingerprint density at radius 2 is 1.15 bits per heavy atom. The molecule has 0 amide bonds. The van der Waals surface area contributed by atoms with E-state index in [9.17, 15) is 53.4 Å². The van der Waals surface area contributed by atoms with E-state index in [0.29, 0.717) is 0 Å². The highest BCUT2D eigenvalue weighted by atomic mass is 31.2. The molecule has 26 heavy (non-hydrogen) atoms. The molecule has 16 heteroatoms. The summed E-state index contributed by atoms with van der Waals surface area (Å²) in [6.07, 6.45) is -14.2. The summed E-state index contributed by atoms with van der Waals surface area (Å²) in [5.74, 6) is 0. The monoisotopic (exact) mass is 432 g/mol. The Morgan fingerprint density at radius 3 is 1.23 bits per heavy atom. The van der Waals surface area contributed by atoms with Gasteiger partial charge in [0.15, 0.2) is 7.37 Å². The fourth-order valence-corrected chi connectivity index (χ4v) is 2.30. The lowest BCUT2D eigenvalue weighted by Crippen LogP contribution is -2.50.